The molecule has 35 heavy (non-hydrogen) atoms. The molecule has 0 aliphatic carbocycles. The summed E-state index contributed by atoms with van der Waals surface area (Å²) in [5.41, 5.74) is 0.133. The van der Waals surface area contributed by atoms with Gasteiger partial charge in [0.25, 0.3) is 11.5 Å². The molecule has 11 heteroatoms. The molecule has 0 unspecified atom stereocenters. The monoisotopic (exact) mass is 482 g/mol. The van der Waals surface area contributed by atoms with Gasteiger partial charge < -0.3 is 15.0 Å². The number of nitrogens with one attached hydrogen (secondary N) is 2. The van der Waals surface area contributed by atoms with E-state index in [1.807, 2.05) is 0 Å². The highest BCUT2D eigenvalue weighted by Gasteiger charge is 2.35. The third kappa shape index (κ3) is 4.12. The van der Waals surface area contributed by atoms with Crippen LogP contribution in [-0.4, -0.2) is 56.6 Å². The van der Waals surface area contributed by atoms with Crippen molar-refractivity contribution in [3.05, 3.63) is 69.9 Å². The molecule has 4 heterocycles. The fourth-order valence-corrected chi connectivity index (χ4v) is 4.51. The van der Waals surface area contributed by atoms with Crippen molar-refractivity contribution in [3.63, 3.8) is 0 Å². The van der Waals surface area contributed by atoms with Crippen LogP contribution in [0.25, 0.3) is 16.6 Å². The van der Waals surface area contributed by atoms with Gasteiger partial charge in [0.2, 0.25) is 0 Å². The second kappa shape index (κ2) is 9.06. The van der Waals surface area contributed by atoms with E-state index in [4.69, 9.17) is 4.74 Å². The highest BCUT2D eigenvalue weighted by Crippen LogP contribution is 2.31. The number of H-pyrrole nitrogens is 1. The van der Waals surface area contributed by atoms with Crippen LogP contribution in [-0.2, 0) is 6.54 Å². The van der Waals surface area contributed by atoms with E-state index in [1.165, 1.54) is 6.20 Å². The van der Waals surface area contributed by atoms with Crippen LogP contribution in [0.2, 0.25) is 0 Å². The lowest BCUT2D eigenvalue weighted by atomic mass is 9.87. The first kappa shape index (κ1) is 22.9. The van der Waals surface area contributed by atoms with Gasteiger partial charge >= 0.3 is 0 Å². The number of aromatic nitrogens is 4. The van der Waals surface area contributed by atoms with Crippen molar-refractivity contribution < 1.29 is 18.3 Å². The molecule has 2 atom stereocenters. The van der Waals surface area contributed by atoms with Crippen LogP contribution >= 0.6 is 0 Å². The Morgan fingerprint density at radius 1 is 1.26 bits per heavy atom. The van der Waals surface area contributed by atoms with Crippen molar-refractivity contribution >= 4 is 22.5 Å². The highest BCUT2D eigenvalue weighted by molar-refractivity contribution is 5.92. The van der Waals surface area contributed by atoms with Crippen LogP contribution in [0.1, 0.15) is 29.4 Å². The Hall–Kier alpha value is -3.86. The van der Waals surface area contributed by atoms with Crippen LogP contribution in [0.3, 0.4) is 0 Å². The van der Waals surface area contributed by atoms with Crippen LogP contribution in [0, 0.1) is 17.6 Å². The molecule has 1 aliphatic rings. The van der Waals surface area contributed by atoms with Crippen molar-refractivity contribution in [3.8, 4) is 5.75 Å². The van der Waals surface area contributed by atoms with E-state index in [0.29, 0.717) is 41.6 Å². The SMILES string of the molecule is CNC(=O)c1ccc(OCC[C@H]2CN(Cc3ccc4c([nH]c(=O)c5c(F)cnn54)c3F)[C@@H]2C)cn1. The Labute approximate surface area is 198 Å². The molecule has 4 aromatic rings. The summed E-state index contributed by atoms with van der Waals surface area (Å²) in [5, 5.41) is 6.38. The molecule has 0 bridgehead atoms. The fraction of sp³-hybridized carbons (Fsp3) is 0.333. The molecule has 2 N–H and O–H groups in total. The summed E-state index contributed by atoms with van der Waals surface area (Å²) < 4.78 is 36.0. The molecule has 3 aromatic heterocycles. The number of aromatic amines is 1. The normalized spacial score (nSPS) is 18.1. The number of nitrogens with zero attached hydrogens (tertiary/aromatic N) is 4. The van der Waals surface area contributed by atoms with Gasteiger partial charge in [0.15, 0.2) is 17.2 Å². The average molecular weight is 482 g/mol. The summed E-state index contributed by atoms with van der Waals surface area (Å²) in [7, 11) is 1.55. The third-order valence-electron chi connectivity index (χ3n) is 6.66. The molecule has 182 valence electrons. The fourth-order valence-electron chi connectivity index (χ4n) is 4.51. The largest absolute Gasteiger partial charge is 0.492 e. The zero-order chi connectivity index (χ0) is 24.7. The van der Waals surface area contributed by atoms with Crippen molar-refractivity contribution in [2.24, 2.45) is 5.92 Å². The first-order chi connectivity index (χ1) is 16.9. The number of benzene rings is 1. The topological polar surface area (TPSA) is 105 Å². The molecular weight excluding hydrogens is 458 g/mol. The maximum absolute atomic E-state index is 15.2. The summed E-state index contributed by atoms with van der Waals surface area (Å²) in [6.45, 7) is 3.77. The molecule has 0 radical (unpaired) electrons. The van der Waals surface area contributed by atoms with Gasteiger partial charge in [-0.25, -0.2) is 18.3 Å². The lowest BCUT2D eigenvalue weighted by Crippen LogP contribution is -2.54. The van der Waals surface area contributed by atoms with Gasteiger partial charge in [-0.3, -0.25) is 14.5 Å². The standard InChI is InChI=1S/C24H24F2N6O3/c1-13-14(7-8-35-16-4-5-18(28-9-16)23(33)27-2)11-31(13)12-15-3-6-19-21(20(15)26)30-24(34)22-17(25)10-29-32(19)22/h3-6,9-10,13-14H,7-8,11-12H2,1-2H3,(H,27,33)(H,30,34)/t13-,14+/m1/s1. The van der Waals surface area contributed by atoms with Gasteiger partial charge in [-0.05, 0) is 37.5 Å². The average Bonchev–Trinajstić information content (AvgIpc) is 3.26. The van der Waals surface area contributed by atoms with Crippen molar-refractivity contribution in [1.82, 2.24) is 29.8 Å². The van der Waals surface area contributed by atoms with Gasteiger partial charge in [0, 0.05) is 31.7 Å². The quantitative estimate of drug-likeness (QED) is 0.420. The van der Waals surface area contributed by atoms with Gasteiger partial charge in [0.1, 0.15) is 17.0 Å². The summed E-state index contributed by atoms with van der Waals surface area (Å²) in [6, 6.07) is 6.84. The Kier molecular flexibility index (Phi) is 5.93. The first-order valence-corrected chi connectivity index (χ1v) is 11.3. The van der Waals surface area contributed by atoms with E-state index in [0.717, 1.165) is 23.7 Å². The molecule has 1 saturated heterocycles. The minimum absolute atomic E-state index is 0.0114. The molecular formula is C24H24F2N6O3. The lowest BCUT2D eigenvalue weighted by molar-refractivity contribution is 0.00717. The minimum Gasteiger partial charge on any atom is -0.492 e. The summed E-state index contributed by atoms with van der Waals surface area (Å²) in [5.74, 6) is -0.552. The number of hydrogen-bond acceptors (Lipinski definition) is 6. The number of rotatable bonds is 7. The number of halogens is 2. The number of carbonyl (C=O) groups is 1. The number of pyridine rings is 1. The highest BCUT2D eigenvalue weighted by atomic mass is 19.1. The first-order valence-electron chi connectivity index (χ1n) is 11.3. The van der Waals surface area contributed by atoms with E-state index >= 15 is 4.39 Å². The molecule has 9 nitrogen and oxygen atoms in total. The van der Waals surface area contributed by atoms with E-state index in [-0.39, 0.29) is 23.0 Å². The van der Waals surface area contributed by atoms with Crippen LogP contribution in [0.15, 0.2) is 41.5 Å². The summed E-state index contributed by atoms with van der Waals surface area (Å²) >= 11 is 0. The van der Waals surface area contributed by atoms with Crippen molar-refractivity contribution in [2.75, 3.05) is 20.2 Å². The number of likely N-dealkylation sites (tertiary alicyclic amines) is 1. The van der Waals surface area contributed by atoms with Gasteiger partial charge in [-0.1, -0.05) is 6.07 Å². The number of amides is 1. The Morgan fingerprint density at radius 3 is 2.80 bits per heavy atom. The second-order valence-corrected chi connectivity index (χ2v) is 8.67. The molecule has 1 aromatic carbocycles. The van der Waals surface area contributed by atoms with Gasteiger partial charge in [-0.2, -0.15) is 5.10 Å². The maximum atomic E-state index is 15.2. The predicted octanol–water partition coefficient (Wildman–Crippen LogP) is 2.50. The minimum atomic E-state index is -0.751. The number of fused-ring (bicyclic) bond motifs is 3. The zero-order valence-electron chi connectivity index (χ0n) is 19.2. The van der Waals surface area contributed by atoms with Crippen molar-refractivity contribution in [1.29, 1.82) is 0 Å². The van der Waals surface area contributed by atoms with E-state index in [9.17, 15) is 14.0 Å². The number of ether oxygens (including phenoxy) is 1. The molecule has 0 spiro atoms. The third-order valence-corrected chi connectivity index (χ3v) is 6.66. The smallest absolute Gasteiger partial charge is 0.277 e. The summed E-state index contributed by atoms with van der Waals surface area (Å²) in [4.78, 5) is 32.5. The predicted molar refractivity (Wildman–Crippen MR) is 124 cm³/mol. The maximum Gasteiger partial charge on any atom is 0.277 e. The zero-order valence-corrected chi connectivity index (χ0v) is 19.2. The Balaban J connectivity index is 1.19. The lowest BCUT2D eigenvalue weighted by Gasteiger charge is -2.46. The molecule has 1 aliphatic heterocycles. The number of carbonyl (C=O) groups excluding carboxylic acids is 1. The van der Waals surface area contributed by atoms with E-state index in [1.54, 1.807) is 31.3 Å². The van der Waals surface area contributed by atoms with Crippen LogP contribution in [0.4, 0.5) is 8.78 Å². The summed E-state index contributed by atoms with van der Waals surface area (Å²) in [6.07, 6.45) is 3.29. The Morgan fingerprint density at radius 2 is 2.09 bits per heavy atom. The van der Waals surface area contributed by atoms with E-state index < -0.39 is 17.2 Å². The second-order valence-electron chi connectivity index (χ2n) is 8.67. The van der Waals surface area contributed by atoms with Gasteiger partial charge in [-0.15, -0.1) is 0 Å². The number of hydrogen-bond donors (Lipinski definition) is 2. The van der Waals surface area contributed by atoms with E-state index in [2.05, 4.69) is 32.2 Å². The van der Waals surface area contributed by atoms with Gasteiger partial charge in [0.05, 0.1) is 24.5 Å². The molecule has 1 fully saturated rings. The molecule has 1 amide bonds. The Bertz CT molecular complexity index is 1470. The molecule has 5 rings (SSSR count). The van der Waals surface area contributed by atoms with Crippen molar-refractivity contribution in [2.45, 2.75) is 25.9 Å². The molecule has 0 saturated carbocycles. The van der Waals surface area contributed by atoms with Crippen LogP contribution in [0.5, 0.6) is 5.75 Å². The van der Waals surface area contributed by atoms with Crippen LogP contribution < -0.4 is 15.6 Å².